The van der Waals surface area contributed by atoms with Crippen molar-refractivity contribution in [1.29, 1.82) is 0 Å². The fourth-order valence-corrected chi connectivity index (χ4v) is 3.02. The number of nitrogens with two attached hydrogens (primary N) is 2. The lowest BCUT2D eigenvalue weighted by Gasteiger charge is -2.31. The second-order valence-electron chi connectivity index (χ2n) is 5.32. The number of nitrogen functional groups attached to an aromatic ring is 1. The molecule has 5 heteroatoms. The molecule has 1 aliphatic heterocycles. The van der Waals surface area contributed by atoms with Crippen molar-refractivity contribution in [3.05, 3.63) is 29.3 Å². The van der Waals surface area contributed by atoms with Crippen molar-refractivity contribution in [3.63, 3.8) is 0 Å². The number of nitrogens with zero attached hydrogens (tertiary/aromatic N) is 1. The van der Waals surface area contributed by atoms with E-state index in [0.29, 0.717) is 16.8 Å². The van der Waals surface area contributed by atoms with E-state index in [0.717, 1.165) is 25.7 Å². The summed E-state index contributed by atoms with van der Waals surface area (Å²) in [5, 5.41) is 0. The monoisotopic (exact) mass is 259 g/mol. The molecule has 1 aliphatic carbocycles. The number of benzene rings is 1. The zero-order valence-electron chi connectivity index (χ0n) is 10.6. The van der Waals surface area contributed by atoms with Gasteiger partial charge in [0.25, 0.3) is 11.8 Å². The first-order valence-electron chi connectivity index (χ1n) is 6.61. The van der Waals surface area contributed by atoms with Gasteiger partial charge in [0.1, 0.15) is 0 Å². The highest BCUT2D eigenvalue weighted by molar-refractivity contribution is 6.23. The minimum absolute atomic E-state index is 0.0356. The summed E-state index contributed by atoms with van der Waals surface area (Å²) in [5.74, 6) is -0.466. The SMILES string of the molecule is Nc1cccc2c1C(=O)N(C1CCC(N)CC1)C2=O. The van der Waals surface area contributed by atoms with E-state index in [1.54, 1.807) is 18.2 Å². The highest BCUT2D eigenvalue weighted by Gasteiger charge is 2.41. The molecule has 1 aromatic rings. The van der Waals surface area contributed by atoms with Gasteiger partial charge in [-0.3, -0.25) is 14.5 Å². The predicted molar refractivity (Wildman–Crippen MR) is 71.6 cm³/mol. The second-order valence-corrected chi connectivity index (χ2v) is 5.32. The predicted octanol–water partition coefficient (Wildman–Crippen LogP) is 1.13. The molecule has 0 unspecified atom stereocenters. The maximum absolute atomic E-state index is 12.4. The molecule has 100 valence electrons. The number of fused-ring (bicyclic) bond motifs is 1. The maximum atomic E-state index is 12.4. The first-order chi connectivity index (χ1) is 9.09. The lowest BCUT2D eigenvalue weighted by Crippen LogP contribution is -2.44. The van der Waals surface area contributed by atoms with Gasteiger partial charge in [0.15, 0.2) is 0 Å². The molecule has 0 spiro atoms. The van der Waals surface area contributed by atoms with Crippen LogP contribution in [0.2, 0.25) is 0 Å². The number of rotatable bonds is 1. The van der Waals surface area contributed by atoms with Crippen LogP contribution in [0.15, 0.2) is 18.2 Å². The molecule has 2 aliphatic rings. The van der Waals surface area contributed by atoms with E-state index in [4.69, 9.17) is 11.5 Å². The lowest BCUT2D eigenvalue weighted by atomic mass is 9.91. The van der Waals surface area contributed by atoms with Gasteiger partial charge >= 0.3 is 0 Å². The van der Waals surface area contributed by atoms with Crippen molar-refractivity contribution in [2.75, 3.05) is 5.73 Å². The molecule has 2 amide bonds. The third kappa shape index (κ3) is 1.81. The number of hydrogen-bond donors (Lipinski definition) is 2. The fraction of sp³-hybridized carbons (Fsp3) is 0.429. The van der Waals surface area contributed by atoms with Gasteiger partial charge in [0, 0.05) is 17.8 Å². The molecule has 3 rings (SSSR count). The topological polar surface area (TPSA) is 89.4 Å². The van der Waals surface area contributed by atoms with E-state index in [1.807, 2.05) is 0 Å². The molecular weight excluding hydrogens is 242 g/mol. The van der Waals surface area contributed by atoms with Gasteiger partial charge in [-0.2, -0.15) is 0 Å². The van der Waals surface area contributed by atoms with Gasteiger partial charge < -0.3 is 11.5 Å². The van der Waals surface area contributed by atoms with Gasteiger partial charge in [-0.15, -0.1) is 0 Å². The summed E-state index contributed by atoms with van der Waals surface area (Å²) in [6.07, 6.45) is 3.28. The first-order valence-corrected chi connectivity index (χ1v) is 6.61. The molecule has 0 aromatic heterocycles. The van der Waals surface area contributed by atoms with Crippen molar-refractivity contribution >= 4 is 17.5 Å². The van der Waals surface area contributed by atoms with Crippen LogP contribution in [-0.2, 0) is 0 Å². The zero-order chi connectivity index (χ0) is 13.6. The van der Waals surface area contributed by atoms with Crippen molar-refractivity contribution in [2.45, 2.75) is 37.8 Å². The van der Waals surface area contributed by atoms with E-state index in [9.17, 15) is 9.59 Å². The largest absolute Gasteiger partial charge is 0.398 e. The normalized spacial score (nSPS) is 26.7. The quantitative estimate of drug-likeness (QED) is 0.584. The van der Waals surface area contributed by atoms with Crippen molar-refractivity contribution in [2.24, 2.45) is 5.73 Å². The molecule has 0 radical (unpaired) electrons. The highest BCUT2D eigenvalue weighted by atomic mass is 16.2. The highest BCUT2D eigenvalue weighted by Crippen LogP contribution is 2.33. The van der Waals surface area contributed by atoms with Crippen molar-refractivity contribution in [3.8, 4) is 0 Å². The Labute approximate surface area is 111 Å². The molecule has 5 nitrogen and oxygen atoms in total. The minimum Gasteiger partial charge on any atom is -0.398 e. The van der Waals surface area contributed by atoms with Gasteiger partial charge in [-0.05, 0) is 37.8 Å². The molecule has 0 atom stereocenters. The van der Waals surface area contributed by atoms with Crippen LogP contribution in [0.5, 0.6) is 0 Å². The van der Waals surface area contributed by atoms with E-state index >= 15 is 0 Å². The Bertz CT molecular complexity index is 548. The molecule has 1 aromatic carbocycles. The molecule has 1 fully saturated rings. The van der Waals surface area contributed by atoms with Gasteiger partial charge in [0.05, 0.1) is 11.1 Å². The Morgan fingerprint density at radius 3 is 2.37 bits per heavy atom. The third-order valence-corrected chi connectivity index (χ3v) is 4.09. The summed E-state index contributed by atoms with van der Waals surface area (Å²) < 4.78 is 0. The average molecular weight is 259 g/mol. The minimum atomic E-state index is -0.251. The van der Waals surface area contributed by atoms with Gasteiger partial charge in [0.2, 0.25) is 0 Å². The fourth-order valence-electron chi connectivity index (χ4n) is 3.02. The van der Waals surface area contributed by atoms with Crippen LogP contribution < -0.4 is 11.5 Å². The number of carbonyl (C=O) groups is 2. The van der Waals surface area contributed by atoms with Gasteiger partial charge in [-0.25, -0.2) is 0 Å². The molecule has 1 saturated carbocycles. The van der Waals surface area contributed by atoms with Crippen LogP contribution in [-0.4, -0.2) is 28.8 Å². The smallest absolute Gasteiger partial charge is 0.263 e. The second kappa shape index (κ2) is 4.35. The maximum Gasteiger partial charge on any atom is 0.263 e. The van der Waals surface area contributed by atoms with Crippen LogP contribution >= 0.6 is 0 Å². The van der Waals surface area contributed by atoms with E-state index < -0.39 is 0 Å². The van der Waals surface area contributed by atoms with E-state index in [-0.39, 0.29) is 23.9 Å². The Morgan fingerprint density at radius 2 is 1.74 bits per heavy atom. The van der Waals surface area contributed by atoms with Crippen LogP contribution in [0.25, 0.3) is 0 Å². The third-order valence-electron chi connectivity index (χ3n) is 4.09. The van der Waals surface area contributed by atoms with Crippen molar-refractivity contribution < 1.29 is 9.59 Å². The van der Waals surface area contributed by atoms with Crippen LogP contribution in [0.4, 0.5) is 5.69 Å². The lowest BCUT2D eigenvalue weighted by molar-refractivity contribution is 0.0543. The number of anilines is 1. The summed E-state index contributed by atoms with van der Waals surface area (Å²) in [7, 11) is 0. The standard InChI is InChI=1S/C14H17N3O2/c15-8-4-6-9(7-5-8)17-13(18)10-2-1-3-11(16)12(10)14(17)19/h1-3,8-9H,4-7,15-16H2. The summed E-state index contributed by atoms with van der Waals surface area (Å²) in [4.78, 5) is 26.1. The molecule has 0 saturated heterocycles. The van der Waals surface area contributed by atoms with Crippen LogP contribution in [0.1, 0.15) is 46.4 Å². The molecule has 1 heterocycles. The first kappa shape index (κ1) is 12.2. The zero-order valence-corrected chi connectivity index (χ0v) is 10.6. The Balaban J connectivity index is 1.92. The van der Waals surface area contributed by atoms with E-state index in [2.05, 4.69) is 0 Å². The summed E-state index contributed by atoms with van der Waals surface area (Å²) >= 11 is 0. The average Bonchev–Trinajstić information content (AvgIpc) is 2.65. The molecule has 19 heavy (non-hydrogen) atoms. The van der Waals surface area contributed by atoms with E-state index in [1.165, 1.54) is 4.90 Å². The van der Waals surface area contributed by atoms with Crippen molar-refractivity contribution in [1.82, 2.24) is 4.90 Å². The summed E-state index contributed by atoms with van der Waals surface area (Å²) in [6.45, 7) is 0. The molecular formula is C14H17N3O2. The Kier molecular flexibility index (Phi) is 2.78. The Morgan fingerprint density at radius 1 is 1.05 bits per heavy atom. The summed E-state index contributed by atoms with van der Waals surface area (Å²) in [6, 6.07) is 5.19. The number of carbonyl (C=O) groups excluding carboxylic acids is 2. The Hall–Kier alpha value is -1.88. The van der Waals surface area contributed by atoms with Crippen LogP contribution in [0.3, 0.4) is 0 Å². The number of imide groups is 1. The molecule has 4 N–H and O–H groups in total. The van der Waals surface area contributed by atoms with Crippen LogP contribution in [0, 0.1) is 0 Å². The number of amides is 2. The number of hydrogen-bond acceptors (Lipinski definition) is 4. The summed E-state index contributed by atoms with van der Waals surface area (Å²) in [5.41, 5.74) is 12.9. The van der Waals surface area contributed by atoms with Gasteiger partial charge in [-0.1, -0.05) is 6.07 Å². The molecule has 0 bridgehead atoms.